The lowest BCUT2D eigenvalue weighted by atomic mass is 9.98. The Hall–Kier alpha value is -0.340. The molecule has 2 rings (SSSR count). The van der Waals surface area contributed by atoms with E-state index in [0.29, 0.717) is 5.41 Å². The van der Waals surface area contributed by atoms with Gasteiger partial charge in [-0.2, -0.15) is 11.3 Å². The minimum Gasteiger partial charge on any atom is -0.316 e. The summed E-state index contributed by atoms with van der Waals surface area (Å²) in [6.45, 7) is 4.53. The quantitative estimate of drug-likeness (QED) is 0.759. The van der Waals surface area contributed by atoms with Crippen molar-refractivity contribution in [1.29, 1.82) is 0 Å². The number of hydrogen-bond acceptors (Lipinski definition) is 2. The maximum atomic E-state index is 3.48. The van der Waals surface area contributed by atoms with Crippen LogP contribution >= 0.6 is 11.3 Å². The summed E-state index contributed by atoms with van der Waals surface area (Å²) in [6, 6.07) is 2.26. The first-order valence-electron chi connectivity index (χ1n) is 5.56. The third kappa shape index (κ3) is 2.58. The molecular formula is C12H19NS. The summed E-state index contributed by atoms with van der Waals surface area (Å²) in [5, 5.41) is 7.94. The molecule has 1 aliphatic rings. The highest BCUT2D eigenvalue weighted by Crippen LogP contribution is 2.48. The zero-order chi connectivity index (χ0) is 9.86. The van der Waals surface area contributed by atoms with Crippen LogP contribution in [0.1, 0.15) is 31.7 Å². The largest absolute Gasteiger partial charge is 0.316 e. The van der Waals surface area contributed by atoms with Crippen LogP contribution in [0.25, 0.3) is 0 Å². The standard InChI is InChI=1S/C12H19NS/c1-2-13-10-12(6-7-12)5-3-11-4-8-14-9-11/h4,8-9,13H,2-3,5-7,10H2,1H3. The van der Waals surface area contributed by atoms with E-state index in [1.165, 1.54) is 37.8 Å². The Morgan fingerprint density at radius 1 is 1.50 bits per heavy atom. The molecule has 78 valence electrons. The molecule has 0 radical (unpaired) electrons. The second-order valence-corrected chi connectivity index (χ2v) is 5.19. The van der Waals surface area contributed by atoms with E-state index in [1.54, 1.807) is 0 Å². The molecule has 1 heterocycles. The lowest BCUT2D eigenvalue weighted by molar-refractivity contribution is 0.432. The van der Waals surface area contributed by atoms with Crippen LogP contribution < -0.4 is 5.32 Å². The van der Waals surface area contributed by atoms with Crippen molar-refractivity contribution in [2.75, 3.05) is 13.1 Å². The molecule has 0 saturated heterocycles. The van der Waals surface area contributed by atoms with Gasteiger partial charge in [-0.1, -0.05) is 6.92 Å². The Balaban J connectivity index is 1.75. The van der Waals surface area contributed by atoms with Crippen LogP contribution in [0, 0.1) is 5.41 Å². The summed E-state index contributed by atoms with van der Waals surface area (Å²) in [6.07, 6.45) is 5.51. The number of thiophene rings is 1. The van der Waals surface area contributed by atoms with Crippen molar-refractivity contribution in [3.05, 3.63) is 22.4 Å². The SMILES string of the molecule is CCNCC1(CCc2ccsc2)CC1. The zero-order valence-corrected chi connectivity index (χ0v) is 9.70. The second-order valence-electron chi connectivity index (χ2n) is 4.41. The molecule has 1 N–H and O–H groups in total. The van der Waals surface area contributed by atoms with Gasteiger partial charge < -0.3 is 5.32 Å². The number of hydrogen-bond donors (Lipinski definition) is 1. The smallest absolute Gasteiger partial charge is 0.000781 e. The molecule has 14 heavy (non-hydrogen) atoms. The van der Waals surface area contributed by atoms with Crippen LogP contribution in [0.2, 0.25) is 0 Å². The Bertz CT molecular complexity index is 262. The lowest BCUT2D eigenvalue weighted by Gasteiger charge is -2.14. The van der Waals surface area contributed by atoms with Gasteiger partial charge in [0, 0.05) is 6.54 Å². The molecule has 0 amide bonds. The van der Waals surface area contributed by atoms with Gasteiger partial charge in [0.1, 0.15) is 0 Å². The highest BCUT2D eigenvalue weighted by Gasteiger charge is 2.41. The molecular weight excluding hydrogens is 190 g/mol. The first-order chi connectivity index (χ1) is 6.85. The Morgan fingerprint density at radius 2 is 2.36 bits per heavy atom. The molecule has 1 aromatic rings. The topological polar surface area (TPSA) is 12.0 Å². The average molecular weight is 209 g/mol. The molecule has 0 atom stereocenters. The van der Waals surface area contributed by atoms with Gasteiger partial charge in [-0.25, -0.2) is 0 Å². The van der Waals surface area contributed by atoms with Crippen LogP contribution in [-0.2, 0) is 6.42 Å². The van der Waals surface area contributed by atoms with Gasteiger partial charge in [-0.05, 0) is 60.0 Å². The minimum atomic E-state index is 0.665. The summed E-state index contributed by atoms with van der Waals surface area (Å²) in [5.74, 6) is 0. The number of nitrogens with one attached hydrogen (secondary N) is 1. The van der Waals surface area contributed by atoms with Crippen molar-refractivity contribution >= 4 is 11.3 Å². The summed E-state index contributed by atoms with van der Waals surface area (Å²) in [4.78, 5) is 0. The van der Waals surface area contributed by atoms with E-state index in [2.05, 4.69) is 29.1 Å². The maximum Gasteiger partial charge on any atom is 0.000781 e. The van der Waals surface area contributed by atoms with Gasteiger partial charge in [-0.15, -0.1) is 0 Å². The summed E-state index contributed by atoms with van der Waals surface area (Å²) in [5.41, 5.74) is 2.19. The minimum absolute atomic E-state index is 0.665. The van der Waals surface area contributed by atoms with Crippen LogP contribution in [-0.4, -0.2) is 13.1 Å². The van der Waals surface area contributed by atoms with Crippen LogP contribution in [0.5, 0.6) is 0 Å². The summed E-state index contributed by atoms with van der Waals surface area (Å²) in [7, 11) is 0. The predicted molar refractivity (Wildman–Crippen MR) is 62.9 cm³/mol. The van der Waals surface area contributed by atoms with Crippen molar-refractivity contribution < 1.29 is 0 Å². The molecule has 1 saturated carbocycles. The average Bonchev–Trinajstić information content (AvgIpc) is 2.77. The molecule has 0 aromatic carbocycles. The van der Waals surface area contributed by atoms with Crippen molar-refractivity contribution in [3.63, 3.8) is 0 Å². The summed E-state index contributed by atoms with van der Waals surface area (Å²) < 4.78 is 0. The molecule has 0 spiro atoms. The highest BCUT2D eigenvalue weighted by atomic mass is 32.1. The van der Waals surface area contributed by atoms with Crippen molar-refractivity contribution in [3.8, 4) is 0 Å². The van der Waals surface area contributed by atoms with E-state index < -0.39 is 0 Å². The first kappa shape index (κ1) is 10.2. The molecule has 0 aliphatic heterocycles. The number of aryl methyl sites for hydroxylation is 1. The Labute approximate surface area is 90.5 Å². The fraction of sp³-hybridized carbons (Fsp3) is 0.667. The van der Waals surface area contributed by atoms with Gasteiger partial charge in [0.25, 0.3) is 0 Å². The van der Waals surface area contributed by atoms with Crippen molar-refractivity contribution in [1.82, 2.24) is 5.32 Å². The molecule has 1 aliphatic carbocycles. The lowest BCUT2D eigenvalue weighted by Crippen LogP contribution is -2.23. The predicted octanol–water partition coefficient (Wildman–Crippen LogP) is 3.07. The Kier molecular flexibility index (Phi) is 3.24. The fourth-order valence-corrected chi connectivity index (χ4v) is 2.63. The molecule has 1 fully saturated rings. The first-order valence-corrected chi connectivity index (χ1v) is 6.51. The maximum absolute atomic E-state index is 3.48. The van der Waals surface area contributed by atoms with Gasteiger partial charge in [-0.3, -0.25) is 0 Å². The monoisotopic (exact) mass is 209 g/mol. The third-order valence-electron chi connectivity index (χ3n) is 3.23. The molecule has 0 unspecified atom stereocenters. The van der Waals surface area contributed by atoms with Crippen LogP contribution in [0.15, 0.2) is 16.8 Å². The fourth-order valence-electron chi connectivity index (χ4n) is 1.93. The van der Waals surface area contributed by atoms with E-state index in [4.69, 9.17) is 0 Å². The third-order valence-corrected chi connectivity index (χ3v) is 3.96. The van der Waals surface area contributed by atoms with Gasteiger partial charge in [0.15, 0.2) is 0 Å². The van der Waals surface area contributed by atoms with Gasteiger partial charge >= 0.3 is 0 Å². The summed E-state index contributed by atoms with van der Waals surface area (Å²) >= 11 is 1.81. The van der Waals surface area contributed by atoms with Crippen molar-refractivity contribution in [2.45, 2.75) is 32.6 Å². The van der Waals surface area contributed by atoms with E-state index in [1.807, 2.05) is 11.3 Å². The molecule has 0 bridgehead atoms. The second kappa shape index (κ2) is 4.45. The highest BCUT2D eigenvalue weighted by molar-refractivity contribution is 7.07. The van der Waals surface area contributed by atoms with E-state index in [-0.39, 0.29) is 0 Å². The van der Waals surface area contributed by atoms with E-state index in [9.17, 15) is 0 Å². The van der Waals surface area contributed by atoms with Gasteiger partial charge in [0.05, 0.1) is 0 Å². The number of rotatable bonds is 6. The molecule has 1 aromatic heterocycles. The molecule has 1 nitrogen and oxygen atoms in total. The van der Waals surface area contributed by atoms with E-state index in [0.717, 1.165) is 6.54 Å². The Morgan fingerprint density at radius 3 is 2.93 bits per heavy atom. The van der Waals surface area contributed by atoms with Crippen molar-refractivity contribution in [2.24, 2.45) is 5.41 Å². The van der Waals surface area contributed by atoms with Gasteiger partial charge in [0.2, 0.25) is 0 Å². The van der Waals surface area contributed by atoms with Crippen LogP contribution in [0.4, 0.5) is 0 Å². The molecule has 2 heteroatoms. The van der Waals surface area contributed by atoms with E-state index >= 15 is 0 Å². The normalized spacial score (nSPS) is 18.4. The van der Waals surface area contributed by atoms with Crippen LogP contribution in [0.3, 0.4) is 0 Å². The zero-order valence-electron chi connectivity index (χ0n) is 8.88.